The number of pyridine rings is 2. The normalized spacial score (nSPS) is 20.6. The Morgan fingerprint density at radius 2 is 1.07 bits per heavy atom. The molecule has 4 atom stereocenters. The summed E-state index contributed by atoms with van der Waals surface area (Å²) in [6, 6.07) is 11.1. The van der Waals surface area contributed by atoms with Crippen molar-refractivity contribution in [2.24, 2.45) is 0 Å². The summed E-state index contributed by atoms with van der Waals surface area (Å²) in [6.45, 7) is 19.2. The summed E-state index contributed by atoms with van der Waals surface area (Å²) < 4.78 is 109. The number of ether oxygens (including phenoxy) is 4. The highest BCUT2D eigenvalue weighted by molar-refractivity contribution is 9.10. The second-order valence-corrected chi connectivity index (χ2v) is 20.8. The van der Waals surface area contributed by atoms with E-state index in [4.69, 9.17) is 28.5 Å². The van der Waals surface area contributed by atoms with Crippen LogP contribution in [-0.2, 0) is 44.4 Å². The first-order valence-corrected chi connectivity index (χ1v) is 26.4. The van der Waals surface area contributed by atoms with Crippen molar-refractivity contribution in [1.82, 2.24) is 24.9 Å². The van der Waals surface area contributed by atoms with Crippen molar-refractivity contribution >= 4 is 39.8 Å². The Morgan fingerprint density at radius 3 is 1.47 bits per heavy atom. The molecule has 4 fully saturated rings. The van der Waals surface area contributed by atoms with E-state index in [0.29, 0.717) is 61.0 Å². The smallest absolute Gasteiger partial charge is 0.416 e. The van der Waals surface area contributed by atoms with Gasteiger partial charge in [0, 0.05) is 90.7 Å². The predicted octanol–water partition coefficient (Wildman–Crippen LogP) is 13.0. The molecular formula is C55H64BrF6N7O7. The molecule has 14 nitrogen and oxygen atoms in total. The van der Waals surface area contributed by atoms with Gasteiger partial charge in [-0.15, -0.1) is 0 Å². The Kier molecular flexibility index (Phi) is 17.3. The Hall–Kier alpha value is -5.93. The lowest BCUT2D eigenvalue weighted by Gasteiger charge is -2.36. The van der Waals surface area contributed by atoms with E-state index in [1.54, 1.807) is 62.0 Å². The zero-order valence-electron chi connectivity index (χ0n) is 43.9. The summed E-state index contributed by atoms with van der Waals surface area (Å²) >= 11 is 3.48. The second kappa shape index (κ2) is 23.4. The van der Waals surface area contributed by atoms with E-state index >= 15 is 0 Å². The van der Waals surface area contributed by atoms with Crippen molar-refractivity contribution in [1.29, 1.82) is 0 Å². The van der Waals surface area contributed by atoms with Crippen molar-refractivity contribution in [2.75, 3.05) is 49.3 Å². The van der Waals surface area contributed by atoms with Gasteiger partial charge in [-0.05, 0) is 145 Å². The second-order valence-electron chi connectivity index (χ2n) is 19.9. The topological polar surface area (TPSA) is 136 Å². The molecule has 76 heavy (non-hydrogen) atoms. The fraction of sp³-hybridized carbons (Fsp3) is 0.509. The highest BCUT2D eigenvalue weighted by Crippen LogP contribution is 2.42. The molecule has 4 saturated heterocycles. The zero-order chi connectivity index (χ0) is 54.8. The Morgan fingerprint density at radius 1 is 0.632 bits per heavy atom. The van der Waals surface area contributed by atoms with Gasteiger partial charge in [0.1, 0.15) is 29.6 Å². The van der Waals surface area contributed by atoms with Crippen LogP contribution in [0.4, 0.5) is 47.6 Å². The standard InChI is InChI=1S/C30H35F3N4O4.C25H29BrF3N3O3/c1-6-36(25-7-9-39-10-8-25)28-23(13-22(15-34-28)26-18(3)35-41-20(26)5)16-37-19(4)27(40-29(37)38)21-11-17(2)12-24(14-21)30(31,32)33;1-4-31(21-5-7-34-8-6-21)23-18(12-20(26)13-30-23)14-32-16(3)22(35-24(32)33)17-9-15(2)10-19(11-17)25(27,28)29/h11-15,19,25,27H,6-10,16H2,1-5H3;9-13,16,21-22H,4-8,14H2,1-3H3/t19-,27-;16-,22-/m00/s1. The van der Waals surface area contributed by atoms with Crippen LogP contribution in [-0.4, -0.2) is 101 Å². The number of aromatic nitrogens is 3. The zero-order valence-corrected chi connectivity index (χ0v) is 45.4. The van der Waals surface area contributed by atoms with E-state index < -0.39 is 60.0 Å². The molecular weight excluding hydrogens is 1060 g/mol. The summed E-state index contributed by atoms with van der Waals surface area (Å²) in [5, 5.41) is 4.08. The molecule has 0 radical (unpaired) electrons. The minimum Gasteiger partial charge on any atom is -0.439 e. The van der Waals surface area contributed by atoms with Gasteiger partial charge in [0.2, 0.25) is 0 Å². The van der Waals surface area contributed by atoms with Crippen LogP contribution in [0, 0.1) is 27.7 Å². The van der Waals surface area contributed by atoms with Gasteiger partial charge < -0.3 is 33.3 Å². The maximum atomic E-state index is 13.5. The number of carbonyl (C=O) groups excluding carboxylic acids is 2. The SMILES string of the molecule is CCN(c1ncc(-c2c(C)noc2C)cc1CN1C(=O)O[C@H](c2cc(C)cc(C(F)(F)F)c2)[C@@H]1C)C1CCOCC1.CCN(c1ncc(Br)cc1CN1C(=O)O[C@H](c2cc(C)cc(C(F)(F)F)c2)[C@@H]1C)C1CCOCC1. The Labute approximate surface area is 447 Å². The molecule has 0 spiro atoms. The van der Waals surface area contributed by atoms with Gasteiger partial charge >= 0.3 is 24.5 Å². The number of nitrogens with zero attached hydrogens (tertiary/aromatic N) is 7. The average Bonchev–Trinajstić information content (AvgIpc) is 3.99. The number of halogens is 7. The van der Waals surface area contributed by atoms with Crippen LogP contribution in [0.25, 0.3) is 11.1 Å². The molecule has 4 aliphatic heterocycles. The van der Waals surface area contributed by atoms with Crippen molar-refractivity contribution < 1.29 is 59.4 Å². The number of benzene rings is 2. The van der Waals surface area contributed by atoms with Crippen LogP contribution in [0.15, 0.2) is 69.9 Å². The number of hydrogen-bond acceptors (Lipinski definition) is 12. The van der Waals surface area contributed by atoms with Crippen LogP contribution in [0.2, 0.25) is 0 Å². The van der Waals surface area contributed by atoms with Crippen LogP contribution in [0.3, 0.4) is 0 Å². The van der Waals surface area contributed by atoms with Gasteiger partial charge in [-0.25, -0.2) is 19.6 Å². The van der Waals surface area contributed by atoms with E-state index in [1.165, 1.54) is 0 Å². The van der Waals surface area contributed by atoms with E-state index in [9.17, 15) is 35.9 Å². The molecule has 0 saturated carbocycles. The highest BCUT2D eigenvalue weighted by atomic mass is 79.9. The number of hydrogen-bond donors (Lipinski definition) is 0. The van der Waals surface area contributed by atoms with Gasteiger partial charge in [0.25, 0.3) is 0 Å². The molecule has 0 unspecified atom stereocenters. The third kappa shape index (κ3) is 12.4. The summed E-state index contributed by atoms with van der Waals surface area (Å²) in [7, 11) is 0. The third-order valence-corrected chi connectivity index (χ3v) is 15.1. The van der Waals surface area contributed by atoms with Gasteiger partial charge in [-0.2, -0.15) is 26.3 Å². The fourth-order valence-electron chi connectivity index (χ4n) is 10.9. The summed E-state index contributed by atoms with van der Waals surface area (Å²) in [4.78, 5) is 43.3. The Bertz CT molecular complexity index is 2850. The summed E-state index contributed by atoms with van der Waals surface area (Å²) in [5.74, 6) is 2.21. The van der Waals surface area contributed by atoms with Gasteiger partial charge in [-0.3, -0.25) is 9.80 Å². The first-order chi connectivity index (χ1) is 36.1. The molecule has 2 amide bonds. The van der Waals surface area contributed by atoms with Crippen molar-refractivity contribution in [2.45, 2.75) is 143 Å². The quantitative estimate of drug-likeness (QED) is 0.104. The minimum atomic E-state index is -4.50. The molecule has 410 valence electrons. The van der Waals surface area contributed by atoms with Crippen molar-refractivity contribution in [3.8, 4) is 11.1 Å². The van der Waals surface area contributed by atoms with Crippen molar-refractivity contribution in [3.05, 3.63) is 121 Å². The molecule has 3 aromatic heterocycles. The monoisotopic (exact) mass is 1130 g/mol. The molecule has 2 aromatic carbocycles. The minimum absolute atomic E-state index is 0.174. The van der Waals surface area contributed by atoms with Gasteiger partial charge in [0.05, 0.1) is 42.0 Å². The third-order valence-electron chi connectivity index (χ3n) is 14.6. The molecule has 9 rings (SSSR count). The number of aryl methyl sites for hydroxylation is 4. The average molecular weight is 1130 g/mol. The first kappa shape index (κ1) is 56.3. The van der Waals surface area contributed by atoms with E-state index in [0.717, 1.165) is 101 Å². The summed E-state index contributed by atoms with van der Waals surface area (Å²) in [6.07, 6.45) is -4.72. The van der Waals surface area contributed by atoms with Crippen molar-refractivity contribution in [3.63, 3.8) is 0 Å². The molecule has 4 aliphatic rings. The van der Waals surface area contributed by atoms with Gasteiger partial charge in [-0.1, -0.05) is 28.4 Å². The first-order valence-electron chi connectivity index (χ1n) is 25.6. The molecule has 7 heterocycles. The van der Waals surface area contributed by atoms with E-state index in [1.807, 2.05) is 26.0 Å². The van der Waals surface area contributed by atoms with E-state index in [2.05, 4.69) is 49.7 Å². The number of cyclic esters (lactones) is 2. The molecule has 21 heteroatoms. The number of carbonyl (C=O) groups is 2. The largest absolute Gasteiger partial charge is 0.439 e. The number of rotatable bonds is 13. The van der Waals surface area contributed by atoms with Crippen LogP contribution >= 0.6 is 15.9 Å². The lowest BCUT2D eigenvalue weighted by molar-refractivity contribution is -0.138. The molecule has 5 aromatic rings. The lowest BCUT2D eigenvalue weighted by Crippen LogP contribution is -2.41. The molecule has 0 bridgehead atoms. The predicted molar refractivity (Wildman–Crippen MR) is 276 cm³/mol. The molecule has 0 aliphatic carbocycles. The number of amides is 2. The maximum absolute atomic E-state index is 13.5. The van der Waals surface area contributed by atoms with Gasteiger partial charge in [0.15, 0.2) is 0 Å². The number of alkyl halides is 6. The van der Waals surface area contributed by atoms with Crippen LogP contribution in [0.1, 0.15) is 122 Å². The number of anilines is 2. The van der Waals surface area contributed by atoms with Crippen LogP contribution < -0.4 is 9.80 Å². The lowest BCUT2D eigenvalue weighted by atomic mass is 9.97. The van der Waals surface area contributed by atoms with Crippen LogP contribution in [0.5, 0.6) is 0 Å². The Balaban J connectivity index is 0.000000204. The van der Waals surface area contributed by atoms with E-state index in [-0.39, 0.29) is 25.2 Å². The summed E-state index contributed by atoms with van der Waals surface area (Å²) in [5.41, 5.74) is 4.10. The fourth-order valence-corrected chi connectivity index (χ4v) is 11.3. The highest BCUT2D eigenvalue weighted by Gasteiger charge is 2.44. The maximum Gasteiger partial charge on any atom is 0.416 e. The molecule has 0 N–H and O–H groups in total.